The van der Waals surface area contributed by atoms with Crippen LogP contribution in [-0.2, 0) is 9.53 Å². The van der Waals surface area contributed by atoms with Gasteiger partial charge in [-0.15, -0.1) is 0 Å². The smallest absolute Gasteiger partial charge is 0.292 e. The molecule has 0 bridgehead atoms. The minimum Gasteiger partial charge on any atom is -0.495 e. The van der Waals surface area contributed by atoms with Crippen molar-refractivity contribution in [3.05, 3.63) is 29.0 Å². The average Bonchev–Trinajstić information content (AvgIpc) is 2.33. The monoisotopic (exact) mass is 252 g/mol. The standard InChI is InChI=1S/C11H16N2O.C2H4O2/c1-7-4-9(6-8(2)12)11(13)10(5-7)14-3;1-4-2-3/h4-6H,12-13H2,1-3H3;2H,1H3/b8-6-;. The quantitative estimate of drug-likeness (QED) is 0.631. The lowest BCUT2D eigenvalue weighted by Gasteiger charge is -2.09. The van der Waals surface area contributed by atoms with Crippen molar-refractivity contribution < 1.29 is 14.3 Å². The molecule has 0 saturated carbocycles. The molecule has 0 atom stereocenters. The zero-order valence-electron chi connectivity index (χ0n) is 11.2. The van der Waals surface area contributed by atoms with E-state index in [-0.39, 0.29) is 0 Å². The molecular weight excluding hydrogens is 232 g/mol. The molecule has 0 radical (unpaired) electrons. The average molecular weight is 252 g/mol. The van der Waals surface area contributed by atoms with Gasteiger partial charge < -0.3 is 20.9 Å². The highest BCUT2D eigenvalue weighted by molar-refractivity contribution is 5.72. The predicted octanol–water partition coefficient (Wildman–Crippen LogP) is 1.69. The van der Waals surface area contributed by atoms with Crippen molar-refractivity contribution in [2.45, 2.75) is 13.8 Å². The second kappa shape index (κ2) is 8.00. The lowest BCUT2D eigenvalue weighted by Crippen LogP contribution is -1.98. The molecule has 0 aliphatic rings. The predicted molar refractivity (Wildman–Crippen MR) is 73.1 cm³/mol. The van der Waals surface area contributed by atoms with Crippen molar-refractivity contribution in [2.24, 2.45) is 5.73 Å². The number of aryl methyl sites for hydroxylation is 1. The largest absolute Gasteiger partial charge is 0.495 e. The molecule has 1 rings (SSSR count). The van der Waals surface area contributed by atoms with E-state index in [1.807, 2.05) is 32.1 Å². The van der Waals surface area contributed by atoms with E-state index < -0.39 is 0 Å². The van der Waals surface area contributed by atoms with E-state index in [2.05, 4.69) is 4.74 Å². The van der Waals surface area contributed by atoms with Gasteiger partial charge in [-0.05, 0) is 37.6 Å². The Labute approximate surface area is 107 Å². The zero-order chi connectivity index (χ0) is 14.1. The van der Waals surface area contributed by atoms with E-state index in [4.69, 9.17) is 21.0 Å². The third kappa shape index (κ3) is 5.25. The molecule has 0 aromatic heterocycles. The summed E-state index contributed by atoms with van der Waals surface area (Å²) in [6.45, 7) is 4.19. The number of hydrogen-bond acceptors (Lipinski definition) is 5. The van der Waals surface area contributed by atoms with Crippen LogP contribution in [0.15, 0.2) is 17.8 Å². The maximum absolute atomic E-state index is 8.95. The highest BCUT2D eigenvalue weighted by atomic mass is 16.5. The third-order valence-corrected chi connectivity index (χ3v) is 2.02. The summed E-state index contributed by atoms with van der Waals surface area (Å²) in [5.74, 6) is 0.692. The molecule has 0 amide bonds. The molecule has 0 aliphatic heterocycles. The number of carbonyl (C=O) groups excluding carboxylic acids is 1. The fourth-order valence-electron chi connectivity index (χ4n) is 1.33. The summed E-state index contributed by atoms with van der Waals surface area (Å²) in [5.41, 5.74) is 14.8. The lowest BCUT2D eigenvalue weighted by atomic mass is 10.1. The molecule has 5 heteroatoms. The van der Waals surface area contributed by atoms with Crippen LogP contribution in [0.25, 0.3) is 6.08 Å². The Kier molecular flexibility index (Phi) is 7.04. The van der Waals surface area contributed by atoms with Crippen molar-refractivity contribution >= 4 is 18.2 Å². The number of ether oxygens (including phenoxy) is 2. The molecule has 1 aromatic rings. The summed E-state index contributed by atoms with van der Waals surface area (Å²) < 4.78 is 9.01. The van der Waals surface area contributed by atoms with E-state index >= 15 is 0 Å². The molecule has 0 spiro atoms. The highest BCUT2D eigenvalue weighted by Crippen LogP contribution is 2.28. The first-order valence-corrected chi connectivity index (χ1v) is 5.30. The fourth-order valence-corrected chi connectivity index (χ4v) is 1.33. The minimum absolute atomic E-state index is 0.375. The van der Waals surface area contributed by atoms with Gasteiger partial charge in [-0.25, -0.2) is 0 Å². The molecule has 5 nitrogen and oxygen atoms in total. The van der Waals surface area contributed by atoms with Crippen LogP contribution < -0.4 is 16.2 Å². The normalized spacial score (nSPS) is 10.1. The van der Waals surface area contributed by atoms with E-state index in [1.165, 1.54) is 7.11 Å². The second-order valence-electron chi connectivity index (χ2n) is 3.69. The molecule has 0 fully saturated rings. The third-order valence-electron chi connectivity index (χ3n) is 2.02. The van der Waals surface area contributed by atoms with Gasteiger partial charge in [-0.2, -0.15) is 0 Å². The van der Waals surface area contributed by atoms with Crippen molar-refractivity contribution in [1.82, 2.24) is 0 Å². The van der Waals surface area contributed by atoms with Crippen molar-refractivity contribution in [3.63, 3.8) is 0 Å². The van der Waals surface area contributed by atoms with Crippen LogP contribution in [0.2, 0.25) is 0 Å². The summed E-state index contributed by atoms with van der Waals surface area (Å²) in [4.78, 5) is 8.95. The van der Waals surface area contributed by atoms with Gasteiger partial charge in [-0.3, -0.25) is 4.79 Å². The molecule has 18 heavy (non-hydrogen) atoms. The number of rotatable bonds is 3. The van der Waals surface area contributed by atoms with Gasteiger partial charge in [0.25, 0.3) is 6.47 Å². The highest BCUT2D eigenvalue weighted by Gasteiger charge is 2.04. The summed E-state index contributed by atoms with van der Waals surface area (Å²) in [7, 11) is 2.92. The SMILES string of the molecule is COC=O.COc1cc(C)cc(/C=C(/C)N)c1N. The number of anilines is 1. The zero-order valence-corrected chi connectivity index (χ0v) is 11.2. The van der Waals surface area contributed by atoms with Crippen molar-refractivity contribution in [2.75, 3.05) is 20.0 Å². The molecular formula is C13H20N2O3. The maximum Gasteiger partial charge on any atom is 0.292 e. The summed E-state index contributed by atoms with van der Waals surface area (Å²) in [5, 5.41) is 0. The summed E-state index contributed by atoms with van der Waals surface area (Å²) >= 11 is 0. The van der Waals surface area contributed by atoms with Crippen LogP contribution >= 0.6 is 0 Å². The van der Waals surface area contributed by atoms with Crippen LogP contribution in [-0.4, -0.2) is 20.7 Å². The topological polar surface area (TPSA) is 87.6 Å². The van der Waals surface area contributed by atoms with E-state index in [0.29, 0.717) is 17.9 Å². The first-order valence-electron chi connectivity index (χ1n) is 5.30. The number of nitrogens with two attached hydrogens (primary N) is 2. The van der Waals surface area contributed by atoms with Crippen LogP contribution in [0.1, 0.15) is 18.1 Å². The van der Waals surface area contributed by atoms with E-state index in [9.17, 15) is 0 Å². The molecule has 0 unspecified atom stereocenters. The van der Waals surface area contributed by atoms with Gasteiger partial charge in [0.2, 0.25) is 0 Å². The Balaban J connectivity index is 0.000000631. The van der Waals surface area contributed by atoms with Gasteiger partial charge in [0.15, 0.2) is 0 Å². The van der Waals surface area contributed by atoms with E-state index in [1.54, 1.807) is 7.11 Å². The van der Waals surface area contributed by atoms with E-state index in [0.717, 1.165) is 16.8 Å². The van der Waals surface area contributed by atoms with Crippen molar-refractivity contribution in [1.29, 1.82) is 0 Å². The molecule has 0 heterocycles. The van der Waals surface area contributed by atoms with Crippen LogP contribution in [0.5, 0.6) is 5.75 Å². The molecule has 1 aromatic carbocycles. The molecule has 4 N–H and O–H groups in total. The Morgan fingerprint density at radius 2 is 1.89 bits per heavy atom. The van der Waals surface area contributed by atoms with Crippen molar-refractivity contribution in [3.8, 4) is 5.75 Å². The Hall–Kier alpha value is -2.17. The van der Waals surface area contributed by atoms with Gasteiger partial charge in [-0.1, -0.05) is 0 Å². The van der Waals surface area contributed by atoms with Gasteiger partial charge in [0.1, 0.15) is 5.75 Å². The maximum atomic E-state index is 8.95. The van der Waals surface area contributed by atoms with Gasteiger partial charge >= 0.3 is 0 Å². The van der Waals surface area contributed by atoms with Gasteiger partial charge in [0, 0.05) is 11.3 Å². The van der Waals surface area contributed by atoms with Crippen LogP contribution in [0, 0.1) is 6.92 Å². The first-order chi connectivity index (χ1) is 8.46. The molecule has 0 saturated heterocycles. The number of benzene rings is 1. The number of nitrogen functional groups attached to an aromatic ring is 1. The Bertz CT molecular complexity index is 424. The van der Waals surface area contributed by atoms with Crippen LogP contribution in [0.4, 0.5) is 5.69 Å². The molecule has 0 aliphatic carbocycles. The van der Waals surface area contributed by atoms with Gasteiger partial charge in [0.05, 0.1) is 19.9 Å². The first kappa shape index (κ1) is 15.8. The second-order valence-corrected chi connectivity index (χ2v) is 3.69. The summed E-state index contributed by atoms with van der Waals surface area (Å²) in [6, 6.07) is 3.88. The number of carbonyl (C=O) groups is 1. The summed E-state index contributed by atoms with van der Waals surface area (Å²) in [6.07, 6.45) is 1.84. The molecule has 100 valence electrons. The number of hydrogen-bond donors (Lipinski definition) is 2. The Morgan fingerprint density at radius 3 is 2.28 bits per heavy atom. The number of methoxy groups -OCH3 is 2. The lowest BCUT2D eigenvalue weighted by molar-refractivity contribution is -0.126. The fraction of sp³-hybridized carbons (Fsp3) is 0.308. The Morgan fingerprint density at radius 1 is 1.33 bits per heavy atom. The number of allylic oxidation sites excluding steroid dienone is 1. The van der Waals surface area contributed by atoms with Crippen LogP contribution in [0.3, 0.4) is 0 Å². The minimum atomic E-state index is 0.375.